The lowest BCUT2D eigenvalue weighted by Gasteiger charge is -2.12. The van der Waals surface area contributed by atoms with Gasteiger partial charge in [-0.25, -0.2) is 4.99 Å². The van der Waals surface area contributed by atoms with Crippen LogP contribution in [0.4, 0.5) is 5.69 Å². The molecule has 0 saturated carbocycles. The predicted molar refractivity (Wildman–Crippen MR) is 96.3 cm³/mol. The average Bonchev–Trinajstić information content (AvgIpc) is 2.62. The Bertz CT molecular complexity index is 838. The maximum absolute atomic E-state index is 9.29. The van der Waals surface area contributed by atoms with Gasteiger partial charge in [-0.05, 0) is 61.2 Å². The summed E-state index contributed by atoms with van der Waals surface area (Å²) in [6, 6.07) is 15.6. The van der Waals surface area contributed by atoms with E-state index in [1.54, 1.807) is 12.4 Å². The Labute approximate surface area is 143 Å². The number of benzene rings is 2. The summed E-state index contributed by atoms with van der Waals surface area (Å²) in [5.41, 5.74) is 5.20. The van der Waals surface area contributed by atoms with Crippen LogP contribution in [0.15, 0.2) is 41.4 Å². The molecular weight excluding hydrogens is 296 g/mol. The first-order valence-electron chi connectivity index (χ1n) is 7.84. The first kappa shape index (κ1) is 17.2. The molecule has 4 heteroatoms. The van der Waals surface area contributed by atoms with Gasteiger partial charge in [-0.3, -0.25) is 0 Å². The van der Waals surface area contributed by atoms with Gasteiger partial charge in [0.1, 0.15) is 0 Å². The third-order valence-electron chi connectivity index (χ3n) is 3.96. The van der Waals surface area contributed by atoms with Crippen molar-refractivity contribution in [3.05, 3.63) is 64.2 Å². The number of nitriles is 2. The van der Waals surface area contributed by atoms with Crippen molar-refractivity contribution in [2.45, 2.75) is 20.3 Å². The minimum Gasteiger partial charge on any atom is -0.366 e. The smallest absolute Gasteiger partial charge is 0.0992 e. The van der Waals surface area contributed by atoms with Gasteiger partial charge in [0.05, 0.1) is 35.3 Å². The maximum atomic E-state index is 9.29. The summed E-state index contributed by atoms with van der Waals surface area (Å²) in [4.78, 5) is 6.50. The Morgan fingerprint density at radius 2 is 1.88 bits per heavy atom. The van der Waals surface area contributed by atoms with E-state index in [1.165, 1.54) is 0 Å². The molecule has 0 aliphatic carbocycles. The van der Waals surface area contributed by atoms with Gasteiger partial charge in [-0.1, -0.05) is 12.1 Å². The summed E-state index contributed by atoms with van der Waals surface area (Å²) in [7, 11) is 1.96. The summed E-state index contributed by atoms with van der Waals surface area (Å²) in [5, 5.41) is 18.3. The first-order chi connectivity index (χ1) is 11.6. The molecule has 0 heterocycles. The van der Waals surface area contributed by atoms with Crippen LogP contribution < -0.4 is 0 Å². The fourth-order valence-electron chi connectivity index (χ4n) is 2.35. The van der Waals surface area contributed by atoms with Crippen LogP contribution in [-0.4, -0.2) is 24.8 Å². The van der Waals surface area contributed by atoms with Crippen molar-refractivity contribution in [1.29, 1.82) is 10.5 Å². The van der Waals surface area contributed by atoms with Crippen molar-refractivity contribution in [2.24, 2.45) is 4.99 Å². The summed E-state index contributed by atoms with van der Waals surface area (Å²) in [5.74, 6) is 0. The summed E-state index contributed by atoms with van der Waals surface area (Å²) in [6.07, 6.45) is 2.45. The van der Waals surface area contributed by atoms with E-state index in [0.29, 0.717) is 17.5 Å². The van der Waals surface area contributed by atoms with Crippen LogP contribution in [0.3, 0.4) is 0 Å². The molecule has 4 nitrogen and oxygen atoms in total. The Morgan fingerprint density at radius 1 is 1.12 bits per heavy atom. The molecule has 0 aliphatic heterocycles. The molecule has 0 aliphatic rings. The number of hydrogen-bond acceptors (Lipinski definition) is 3. The van der Waals surface area contributed by atoms with Gasteiger partial charge in [-0.2, -0.15) is 10.5 Å². The van der Waals surface area contributed by atoms with E-state index in [4.69, 9.17) is 5.26 Å². The molecule has 2 aromatic rings. The molecule has 0 bridgehead atoms. The minimum absolute atomic E-state index is 0.596. The zero-order chi connectivity index (χ0) is 17.5. The van der Waals surface area contributed by atoms with Gasteiger partial charge in [0.25, 0.3) is 0 Å². The van der Waals surface area contributed by atoms with Gasteiger partial charge in [-0.15, -0.1) is 0 Å². The van der Waals surface area contributed by atoms with E-state index < -0.39 is 0 Å². The largest absolute Gasteiger partial charge is 0.366 e. The average molecular weight is 316 g/mol. The van der Waals surface area contributed by atoms with Crippen LogP contribution in [0.1, 0.15) is 34.7 Å². The lowest BCUT2D eigenvalue weighted by molar-refractivity contribution is 0.552. The second-order valence-corrected chi connectivity index (χ2v) is 5.70. The van der Waals surface area contributed by atoms with E-state index in [0.717, 1.165) is 28.9 Å². The van der Waals surface area contributed by atoms with Gasteiger partial charge < -0.3 is 4.90 Å². The van der Waals surface area contributed by atoms with Crippen molar-refractivity contribution in [3.63, 3.8) is 0 Å². The van der Waals surface area contributed by atoms with Gasteiger partial charge in [0, 0.05) is 13.6 Å². The Kier molecular flexibility index (Phi) is 5.71. The number of aliphatic imine (C=N–C) groups is 1. The fourth-order valence-corrected chi connectivity index (χ4v) is 2.35. The molecule has 2 aromatic carbocycles. The van der Waals surface area contributed by atoms with Crippen molar-refractivity contribution in [2.75, 3.05) is 13.6 Å². The summed E-state index contributed by atoms with van der Waals surface area (Å²) < 4.78 is 0. The van der Waals surface area contributed by atoms with Crippen LogP contribution >= 0.6 is 0 Å². The Hall–Kier alpha value is -3.11. The molecule has 0 aromatic heterocycles. The number of rotatable bonds is 5. The van der Waals surface area contributed by atoms with Crippen molar-refractivity contribution in [1.82, 2.24) is 4.90 Å². The monoisotopic (exact) mass is 316 g/mol. The zero-order valence-corrected chi connectivity index (χ0v) is 14.2. The van der Waals surface area contributed by atoms with Gasteiger partial charge in [0.2, 0.25) is 0 Å². The maximum Gasteiger partial charge on any atom is 0.0992 e. The molecule has 0 spiro atoms. The zero-order valence-electron chi connectivity index (χ0n) is 14.2. The van der Waals surface area contributed by atoms with Crippen LogP contribution in [0, 0.1) is 29.6 Å². The van der Waals surface area contributed by atoms with Crippen LogP contribution in [0.2, 0.25) is 0 Å². The molecular formula is C20H20N4. The minimum atomic E-state index is 0.596. The number of hydrogen-bond donors (Lipinski definition) is 0. The topological polar surface area (TPSA) is 63.2 Å². The van der Waals surface area contributed by atoms with Crippen molar-refractivity contribution >= 4 is 12.0 Å². The lowest BCUT2D eigenvalue weighted by Crippen LogP contribution is -2.14. The lowest BCUT2D eigenvalue weighted by atomic mass is 9.96. The van der Waals surface area contributed by atoms with Gasteiger partial charge >= 0.3 is 0 Å². The highest BCUT2D eigenvalue weighted by Gasteiger charge is 2.08. The molecule has 0 fully saturated rings. The first-order valence-corrected chi connectivity index (χ1v) is 7.84. The van der Waals surface area contributed by atoms with E-state index in [9.17, 15) is 5.26 Å². The molecule has 2 rings (SSSR count). The predicted octanol–water partition coefficient (Wildman–Crippen LogP) is 3.94. The third kappa shape index (κ3) is 4.21. The van der Waals surface area contributed by atoms with Crippen LogP contribution in [-0.2, 0) is 6.42 Å². The van der Waals surface area contributed by atoms with E-state index >= 15 is 0 Å². The van der Waals surface area contributed by atoms with Crippen molar-refractivity contribution in [3.8, 4) is 12.1 Å². The third-order valence-corrected chi connectivity index (χ3v) is 3.96. The molecule has 0 radical (unpaired) electrons. The highest BCUT2D eigenvalue weighted by atomic mass is 15.1. The SMILES string of the molecule is CCN(C)/C=N\c1cc(C#N)cc(Cc2cccc(C#N)c2)c1C. The van der Waals surface area contributed by atoms with Crippen molar-refractivity contribution < 1.29 is 0 Å². The molecule has 0 saturated heterocycles. The van der Waals surface area contributed by atoms with Gasteiger partial charge in [0.15, 0.2) is 0 Å². The summed E-state index contributed by atoms with van der Waals surface area (Å²) >= 11 is 0. The Morgan fingerprint density at radius 3 is 2.54 bits per heavy atom. The highest BCUT2D eigenvalue weighted by Crippen LogP contribution is 2.26. The number of nitrogens with zero attached hydrogens (tertiary/aromatic N) is 4. The van der Waals surface area contributed by atoms with E-state index in [1.807, 2.05) is 49.2 Å². The Balaban J connectivity index is 2.40. The normalized spacial score (nSPS) is 10.4. The molecule has 0 unspecified atom stereocenters. The van der Waals surface area contributed by atoms with Crippen LogP contribution in [0.25, 0.3) is 0 Å². The van der Waals surface area contributed by atoms with E-state index in [-0.39, 0.29) is 0 Å². The molecule has 0 atom stereocenters. The van der Waals surface area contributed by atoms with Crippen LogP contribution in [0.5, 0.6) is 0 Å². The second-order valence-electron chi connectivity index (χ2n) is 5.70. The summed E-state index contributed by atoms with van der Waals surface area (Å²) in [6.45, 7) is 4.94. The fraction of sp³-hybridized carbons (Fsp3) is 0.250. The molecule has 24 heavy (non-hydrogen) atoms. The molecule has 0 amide bonds. The standard InChI is InChI=1S/C20H20N4/c1-4-24(3)14-23-20-11-18(13-22)10-19(15(20)2)9-16-6-5-7-17(8-16)12-21/h5-8,10-11,14H,4,9H2,1-3H3/b23-14-. The molecule has 120 valence electrons. The quantitative estimate of drug-likeness (QED) is 0.620. The highest BCUT2D eigenvalue weighted by molar-refractivity contribution is 5.65. The molecule has 0 N–H and O–H groups in total. The second kappa shape index (κ2) is 7.94. The van der Waals surface area contributed by atoms with E-state index in [2.05, 4.69) is 24.1 Å².